The molecule has 0 fully saturated rings. The van der Waals surface area contributed by atoms with Gasteiger partial charge in [-0.05, 0) is 30.6 Å². The summed E-state index contributed by atoms with van der Waals surface area (Å²) in [6.45, 7) is 1.99. The van der Waals surface area contributed by atoms with Gasteiger partial charge in [0, 0.05) is 21.0 Å². The Labute approximate surface area is 97.3 Å². The zero-order chi connectivity index (χ0) is 10.8. The smallest absolute Gasteiger partial charge is 0.0898 e. The number of aromatic nitrogens is 1. The summed E-state index contributed by atoms with van der Waals surface area (Å²) in [5.41, 5.74) is 2.76. The van der Waals surface area contributed by atoms with Crippen molar-refractivity contribution in [1.82, 2.24) is 4.37 Å². The molecule has 1 aromatic heterocycles. The van der Waals surface area contributed by atoms with Crippen molar-refractivity contribution >= 4 is 23.1 Å². The van der Waals surface area contributed by atoms with Crippen LogP contribution in [-0.4, -0.2) is 9.48 Å². The second-order valence-corrected chi connectivity index (χ2v) is 4.64. The molecule has 2 aromatic rings. The van der Waals surface area contributed by atoms with Crippen LogP contribution in [-0.2, 0) is 6.61 Å². The van der Waals surface area contributed by atoms with Gasteiger partial charge in [0.05, 0.1) is 12.3 Å². The second-order valence-electron chi connectivity index (χ2n) is 3.23. The third-order valence-electron chi connectivity index (χ3n) is 2.26. The SMILES string of the molecule is Cc1snc(-c2ccc(Cl)cc2)c1CO. The molecule has 0 radical (unpaired) electrons. The molecule has 0 bridgehead atoms. The molecule has 15 heavy (non-hydrogen) atoms. The number of hydrogen-bond acceptors (Lipinski definition) is 3. The van der Waals surface area contributed by atoms with Gasteiger partial charge < -0.3 is 5.11 Å². The van der Waals surface area contributed by atoms with Crippen LogP contribution in [0.4, 0.5) is 0 Å². The van der Waals surface area contributed by atoms with E-state index in [2.05, 4.69) is 4.37 Å². The summed E-state index contributed by atoms with van der Waals surface area (Å²) in [7, 11) is 0. The fourth-order valence-corrected chi connectivity index (χ4v) is 2.25. The molecule has 0 saturated heterocycles. The number of aryl methyl sites for hydroxylation is 1. The van der Waals surface area contributed by atoms with E-state index in [9.17, 15) is 5.11 Å². The molecule has 0 amide bonds. The lowest BCUT2D eigenvalue weighted by atomic mass is 10.1. The molecule has 0 spiro atoms. The van der Waals surface area contributed by atoms with E-state index >= 15 is 0 Å². The summed E-state index contributed by atoms with van der Waals surface area (Å²) < 4.78 is 4.33. The van der Waals surface area contributed by atoms with Crippen molar-refractivity contribution < 1.29 is 5.11 Å². The molecule has 0 aliphatic heterocycles. The molecule has 2 rings (SSSR count). The molecule has 0 unspecified atom stereocenters. The quantitative estimate of drug-likeness (QED) is 0.873. The van der Waals surface area contributed by atoms with Crippen LogP contribution in [0.15, 0.2) is 24.3 Å². The van der Waals surface area contributed by atoms with E-state index < -0.39 is 0 Å². The van der Waals surface area contributed by atoms with Crippen LogP contribution in [0.3, 0.4) is 0 Å². The molecule has 0 atom stereocenters. The Balaban J connectivity index is 2.49. The van der Waals surface area contributed by atoms with E-state index in [4.69, 9.17) is 11.6 Å². The fraction of sp³-hybridized carbons (Fsp3) is 0.182. The van der Waals surface area contributed by atoms with E-state index in [0.29, 0.717) is 5.02 Å². The molecule has 4 heteroatoms. The van der Waals surface area contributed by atoms with E-state index in [-0.39, 0.29) is 6.61 Å². The van der Waals surface area contributed by atoms with Crippen molar-refractivity contribution in [3.63, 3.8) is 0 Å². The van der Waals surface area contributed by atoms with Gasteiger partial charge in [-0.3, -0.25) is 0 Å². The predicted octanol–water partition coefficient (Wildman–Crippen LogP) is 3.26. The molecular weight excluding hydrogens is 230 g/mol. The minimum absolute atomic E-state index is 0.0281. The first-order valence-electron chi connectivity index (χ1n) is 4.54. The van der Waals surface area contributed by atoms with Crippen molar-refractivity contribution in [2.45, 2.75) is 13.5 Å². The maximum absolute atomic E-state index is 9.24. The highest BCUT2D eigenvalue weighted by molar-refractivity contribution is 7.06. The van der Waals surface area contributed by atoms with Crippen molar-refractivity contribution in [2.75, 3.05) is 0 Å². The number of rotatable bonds is 2. The lowest BCUT2D eigenvalue weighted by molar-refractivity contribution is 0.282. The van der Waals surface area contributed by atoms with E-state index in [1.165, 1.54) is 11.5 Å². The Hall–Kier alpha value is -0.900. The molecule has 0 saturated carbocycles. The van der Waals surface area contributed by atoms with Crippen LogP contribution in [0.5, 0.6) is 0 Å². The Morgan fingerprint density at radius 2 is 2.00 bits per heavy atom. The average molecular weight is 240 g/mol. The first-order chi connectivity index (χ1) is 7.22. The van der Waals surface area contributed by atoms with Crippen LogP contribution in [0.1, 0.15) is 10.4 Å². The zero-order valence-electron chi connectivity index (χ0n) is 8.20. The van der Waals surface area contributed by atoms with Gasteiger partial charge >= 0.3 is 0 Å². The molecule has 0 aliphatic carbocycles. The van der Waals surface area contributed by atoms with Crippen LogP contribution in [0, 0.1) is 6.92 Å². The Bertz CT molecular complexity index is 464. The van der Waals surface area contributed by atoms with Crippen LogP contribution in [0.2, 0.25) is 5.02 Å². The average Bonchev–Trinajstić information content (AvgIpc) is 2.61. The number of nitrogens with zero attached hydrogens (tertiary/aromatic N) is 1. The molecule has 1 N–H and O–H groups in total. The van der Waals surface area contributed by atoms with Gasteiger partial charge in [0.2, 0.25) is 0 Å². The number of aliphatic hydroxyl groups excluding tert-OH is 1. The summed E-state index contributed by atoms with van der Waals surface area (Å²) in [6, 6.07) is 7.48. The maximum Gasteiger partial charge on any atom is 0.0898 e. The van der Waals surface area contributed by atoms with Crippen LogP contribution < -0.4 is 0 Å². The minimum Gasteiger partial charge on any atom is -0.392 e. The number of benzene rings is 1. The maximum atomic E-state index is 9.24. The normalized spacial score (nSPS) is 10.6. The van der Waals surface area contributed by atoms with E-state index in [0.717, 1.165) is 21.7 Å². The highest BCUT2D eigenvalue weighted by Crippen LogP contribution is 2.28. The first-order valence-corrected chi connectivity index (χ1v) is 5.69. The Morgan fingerprint density at radius 3 is 2.60 bits per heavy atom. The minimum atomic E-state index is 0.0281. The van der Waals surface area contributed by atoms with Crippen molar-refractivity contribution in [3.8, 4) is 11.3 Å². The summed E-state index contributed by atoms with van der Waals surface area (Å²) in [6.07, 6.45) is 0. The monoisotopic (exact) mass is 239 g/mol. The van der Waals surface area contributed by atoms with Crippen molar-refractivity contribution in [1.29, 1.82) is 0 Å². The second kappa shape index (κ2) is 4.31. The molecule has 1 aromatic carbocycles. The summed E-state index contributed by atoms with van der Waals surface area (Å²) in [5.74, 6) is 0. The number of aliphatic hydroxyl groups is 1. The lowest BCUT2D eigenvalue weighted by Gasteiger charge is -2.00. The topological polar surface area (TPSA) is 33.1 Å². The Morgan fingerprint density at radius 1 is 1.33 bits per heavy atom. The molecule has 1 heterocycles. The third-order valence-corrected chi connectivity index (χ3v) is 3.31. The van der Waals surface area contributed by atoms with Crippen LogP contribution >= 0.6 is 23.1 Å². The lowest BCUT2D eigenvalue weighted by Crippen LogP contribution is -1.87. The van der Waals surface area contributed by atoms with Crippen molar-refractivity contribution in [3.05, 3.63) is 39.7 Å². The fourth-order valence-electron chi connectivity index (χ4n) is 1.41. The number of hydrogen-bond donors (Lipinski definition) is 1. The van der Waals surface area contributed by atoms with Crippen molar-refractivity contribution in [2.24, 2.45) is 0 Å². The van der Waals surface area contributed by atoms with Gasteiger partial charge in [0.15, 0.2) is 0 Å². The van der Waals surface area contributed by atoms with E-state index in [1.54, 1.807) is 0 Å². The van der Waals surface area contributed by atoms with Gasteiger partial charge in [-0.2, -0.15) is 4.37 Å². The standard InChI is InChI=1S/C11H10ClNOS/c1-7-10(6-14)11(13-15-7)8-2-4-9(12)5-3-8/h2-5,14H,6H2,1H3. The first kappa shape index (κ1) is 10.6. The predicted molar refractivity (Wildman–Crippen MR) is 63.2 cm³/mol. The van der Waals surface area contributed by atoms with Gasteiger partial charge in [0.1, 0.15) is 0 Å². The number of halogens is 1. The van der Waals surface area contributed by atoms with Crippen LogP contribution in [0.25, 0.3) is 11.3 Å². The molecule has 78 valence electrons. The van der Waals surface area contributed by atoms with Gasteiger partial charge in [-0.15, -0.1) is 0 Å². The van der Waals surface area contributed by atoms with Gasteiger partial charge in [0.25, 0.3) is 0 Å². The zero-order valence-corrected chi connectivity index (χ0v) is 9.77. The summed E-state index contributed by atoms with van der Waals surface area (Å²) >= 11 is 7.22. The Kier molecular flexibility index (Phi) is 3.05. The largest absolute Gasteiger partial charge is 0.392 e. The van der Waals surface area contributed by atoms with Gasteiger partial charge in [-0.25, -0.2) is 0 Å². The molecule has 0 aliphatic rings. The molecule has 2 nitrogen and oxygen atoms in total. The molecular formula is C11H10ClNOS. The summed E-state index contributed by atoms with van der Waals surface area (Å²) in [4.78, 5) is 1.06. The summed E-state index contributed by atoms with van der Waals surface area (Å²) in [5, 5.41) is 9.95. The van der Waals surface area contributed by atoms with E-state index in [1.807, 2.05) is 31.2 Å². The third kappa shape index (κ3) is 2.04. The highest BCUT2D eigenvalue weighted by Gasteiger charge is 2.11. The highest BCUT2D eigenvalue weighted by atomic mass is 35.5. The van der Waals surface area contributed by atoms with Gasteiger partial charge in [-0.1, -0.05) is 23.7 Å².